The number of fused-ring (bicyclic) bond motifs is 2. The van der Waals surface area contributed by atoms with Crippen LogP contribution in [-0.2, 0) is 6.54 Å². The molecule has 0 spiro atoms. The van der Waals surface area contributed by atoms with E-state index >= 15 is 0 Å². The molecular weight excluding hydrogens is 386 g/mol. The van der Waals surface area contributed by atoms with Crippen molar-refractivity contribution in [2.45, 2.75) is 44.7 Å². The molecule has 0 unspecified atom stereocenters. The molecule has 6 rings (SSSR count). The first kappa shape index (κ1) is 16.8. The maximum atomic E-state index is 4.81. The lowest BCUT2D eigenvalue weighted by Gasteiger charge is -2.21. The fraction of sp³-hybridized carbons (Fsp3) is 0.368. The number of hydrogen-bond acceptors (Lipinski definition) is 7. The summed E-state index contributed by atoms with van der Waals surface area (Å²) in [5, 5.41) is 20.1. The van der Waals surface area contributed by atoms with E-state index in [9.17, 15) is 0 Å². The number of H-pyrrole nitrogens is 1. The van der Waals surface area contributed by atoms with E-state index < -0.39 is 0 Å². The van der Waals surface area contributed by atoms with Gasteiger partial charge in [-0.05, 0) is 18.9 Å². The van der Waals surface area contributed by atoms with Crippen molar-refractivity contribution in [3.05, 3.63) is 35.7 Å². The molecule has 1 saturated carbocycles. The van der Waals surface area contributed by atoms with Gasteiger partial charge in [0.1, 0.15) is 0 Å². The molecule has 1 fully saturated rings. The second kappa shape index (κ2) is 6.73. The van der Waals surface area contributed by atoms with Crippen LogP contribution in [0.5, 0.6) is 0 Å². The van der Waals surface area contributed by atoms with Gasteiger partial charge in [-0.1, -0.05) is 24.5 Å². The first-order chi connectivity index (χ1) is 14.3. The lowest BCUT2D eigenvalue weighted by atomic mass is 9.96. The van der Waals surface area contributed by atoms with Gasteiger partial charge in [-0.25, -0.2) is 14.6 Å². The van der Waals surface area contributed by atoms with Crippen molar-refractivity contribution < 1.29 is 0 Å². The monoisotopic (exact) mass is 405 g/mol. The third-order valence-electron chi connectivity index (χ3n) is 5.56. The molecule has 0 atom stereocenters. The van der Waals surface area contributed by atoms with Gasteiger partial charge in [0.2, 0.25) is 5.65 Å². The lowest BCUT2D eigenvalue weighted by Crippen LogP contribution is -2.12. The molecule has 1 N–H and O–H groups in total. The quantitative estimate of drug-likeness (QED) is 0.490. The first-order valence-electron chi connectivity index (χ1n) is 9.86. The van der Waals surface area contributed by atoms with Crippen LogP contribution in [-0.4, -0.2) is 44.9 Å². The van der Waals surface area contributed by atoms with Gasteiger partial charge in [0.15, 0.2) is 5.65 Å². The molecule has 5 heterocycles. The summed E-state index contributed by atoms with van der Waals surface area (Å²) < 4.78 is 5.03. The molecule has 1 aliphatic rings. The van der Waals surface area contributed by atoms with E-state index in [1.807, 2.05) is 12.4 Å². The Bertz CT molecular complexity index is 1260. The first-order valence-corrected chi connectivity index (χ1v) is 10.7. The van der Waals surface area contributed by atoms with Crippen molar-refractivity contribution in [2.75, 3.05) is 0 Å². The number of rotatable bonds is 4. The van der Waals surface area contributed by atoms with Crippen LogP contribution >= 0.6 is 11.3 Å². The van der Waals surface area contributed by atoms with Gasteiger partial charge < -0.3 is 0 Å². The Kier molecular flexibility index (Phi) is 3.89. The maximum absolute atomic E-state index is 4.81. The summed E-state index contributed by atoms with van der Waals surface area (Å²) in [5.74, 6) is 0. The Morgan fingerprint density at radius 1 is 1.14 bits per heavy atom. The van der Waals surface area contributed by atoms with E-state index in [2.05, 4.69) is 47.5 Å². The summed E-state index contributed by atoms with van der Waals surface area (Å²) in [4.78, 5) is 10.4. The van der Waals surface area contributed by atoms with Gasteiger partial charge in [-0.2, -0.15) is 10.2 Å². The van der Waals surface area contributed by atoms with Gasteiger partial charge in [-0.15, -0.1) is 16.4 Å². The van der Waals surface area contributed by atoms with Crippen LogP contribution in [0.3, 0.4) is 0 Å². The average molecular weight is 405 g/mol. The Balaban J connectivity index is 1.32. The maximum Gasteiger partial charge on any atom is 0.221 e. The third kappa shape index (κ3) is 3.00. The number of thiophene rings is 1. The molecule has 29 heavy (non-hydrogen) atoms. The Hall–Kier alpha value is -3.14. The molecule has 1 aliphatic carbocycles. The number of hydrogen-bond donors (Lipinski definition) is 1. The standard InChI is InChI=1S/C19H19N9S/c1-2-4-13(5-3-1)27-10-12(7-22-27)16-8-20-18-19(23-16)28(26-25-18)11-14-6-15-17(29-14)9-21-24-15/h6-10,13H,1-5,11H2,(H,21,24). The summed E-state index contributed by atoms with van der Waals surface area (Å²) in [6, 6.07) is 2.59. The normalized spacial score (nSPS) is 15.6. The smallest absolute Gasteiger partial charge is 0.221 e. The predicted molar refractivity (Wildman–Crippen MR) is 110 cm³/mol. The van der Waals surface area contributed by atoms with Gasteiger partial charge in [0, 0.05) is 16.6 Å². The highest BCUT2D eigenvalue weighted by Gasteiger charge is 2.18. The largest absolute Gasteiger partial charge is 0.277 e. The van der Waals surface area contributed by atoms with Crippen molar-refractivity contribution in [1.82, 2.24) is 44.9 Å². The van der Waals surface area contributed by atoms with Crippen LogP contribution in [0.1, 0.15) is 43.0 Å². The summed E-state index contributed by atoms with van der Waals surface area (Å²) in [5.41, 5.74) is 4.05. The molecule has 0 aromatic carbocycles. The zero-order chi connectivity index (χ0) is 19.2. The second-order valence-corrected chi connectivity index (χ2v) is 8.68. The highest BCUT2D eigenvalue weighted by Crippen LogP contribution is 2.29. The fourth-order valence-electron chi connectivity index (χ4n) is 4.04. The van der Waals surface area contributed by atoms with E-state index in [1.54, 1.807) is 22.2 Å². The number of aromatic nitrogens is 9. The van der Waals surface area contributed by atoms with Gasteiger partial charge in [0.05, 0.1) is 47.1 Å². The fourth-order valence-corrected chi connectivity index (χ4v) is 5.01. The molecule has 0 radical (unpaired) electrons. The van der Waals surface area contributed by atoms with Crippen LogP contribution < -0.4 is 0 Å². The summed E-state index contributed by atoms with van der Waals surface area (Å²) in [6.07, 6.45) is 13.9. The van der Waals surface area contributed by atoms with Crippen LogP contribution in [0.2, 0.25) is 0 Å². The Morgan fingerprint density at radius 3 is 2.97 bits per heavy atom. The van der Waals surface area contributed by atoms with Crippen molar-refractivity contribution in [3.63, 3.8) is 0 Å². The minimum absolute atomic E-state index is 0.499. The van der Waals surface area contributed by atoms with E-state index in [1.165, 1.54) is 32.1 Å². The zero-order valence-corrected chi connectivity index (χ0v) is 16.5. The molecule has 146 valence electrons. The van der Waals surface area contributed by atoms with Gasteiger partial charge in [-0.3, -0.25) is 9.78 Å². The average Bonchev–Trinajstić information content (AvgIpc) is 3.53. The highest BCUT2D eigenvalue weighted by atomic mass is 32.1. The van der Waals surface area contributed by atoms with Crippen LogP contribution in [0.15, 0.2) is 30.9 Å². The molecule has 10 heteroatoms. The molecule has 0 saturated heterocycles. The third-order valence-corrected chi connectivity index (χ3v) is 6.61. The van der Waals surface area contributed by atoms with E-state index in [-0.39, 0.29) is 0 Å². The van der Waals surface area contributed by atoms with Crippen molar-refractivity contribution in [3.8, 4) is 11.3 Å². The summed E-state index contributed by atoms with van der Waals surface area (Å²) in [6.45, 7) is 0.600. The molecular formula is C19H19N9S. The van der Waals surface area contributed by atoms with Crippen LogP contribution in [0, 0.1) is 0 Å². The number of nitrogens with zero attached hydrogens (tertiary/aromatic N) is 8. The van der Waals surface area contributed by atoms with E-state index in [4.69, 9.17) is 4.98 Å². The molecule has 0 bridgehead atoms. The molecule has 9 nitrogen and oxygen atoms in total. The lowest BCUT2D eigenvalue weighted by molar-refractivity contribution is 0.329. The number of aromatic amines is 1. The highest BCUT2D eigenvalue weighted by molar-refractivity contribution is 7.19. The minimum Gasteiger partial charge on any atom is -0.277 e. The van der Waals surface area contributed by atoms with Crippen LogP contribution in [0.25, 0.3) is 32.8 Å². The van der Waals surface area contributed by atoms with Crippen molar-refractivity contribution in [1.29, 1.82) is 0 Å². The van der Waals surface area contributed by atoms with Gasteiger partial charge in [0.25, 0.3) is 0 Å². The second-order valence-electron chi connectivity index (χ2n) is 7.51. The molecule has 0 aliphatic heterocycles. The minimum atomic E-state index is 0.499. The van der Waals surface area contributed by atoms with E-state index in [0.717, 1.165) is 26.4 Å². The summed E-state index contributed by atoms with van der Waals surface area (Å²) >= 11 is 1.69. The topological polar surface area (TPSA) is 103 Å². The molecule has 5 aromatic heterocycles. The van der Waals surface area contributed by atoms with Gasteiger partial charge >= 0.3 is 0 Å². The predicted octanol–water partition coefficient (Wildman–Crippen LogP) is 3.58. The SMILES string of the molecule is c1nn(C2CCCCC2)cc1-c1cnc2nnn(Cc3cc4[nH]ncc4s3)c2n1. The Labute approximate surface area is 169 Å². The molecule has 5 aromatic rings. The molecule has 0 amide bonds. The van der Waals surface area contributed by atoms with Crippen molar-refractivity contribution in [2.24, 2.45) is 0 Å². The van der Waals surface area contributed by atoms with E-state index in [0.29, 0.717) is 23.9 Å². The zero-order valence-electron chi connectivity index (χ0n) is 15.7. The Morgan fingerprint density at radius 2 is 2.07 bits per heavy atom. The summed E-state index contributed by atoms with van der Waals surface area (Å²) in [7, 11) is 0. The number of nitrogens with one attached hydrogen (secondary N) is 1. The van der Waals surface area contributed by atoms with Crippen molar-refractivity contribution >= 4 is 32.8 Å². The van der Waals surface area contributed by atoms with Crippen LogP contribution in [0.4, 0.5) is 0 Å².